The van der Waals surface area contributed by atoms with Gasteiger partial charge in [0, 0.05) is 24.2 Å². The van der Waals surface area contributed by atoms with Gasteiger partial charge >= 0.3 is 0 Å². The number of carbonyl (C=O) groups excluding carboxylic acids is 1. The molecule has 4 aromatic rings. The summed E-state index contributed by atoms with van der Waals surface area (Å²) < 4.78 is 20.3. The Balaban J connectivity index is 1.55. The van der Waals surface area contributed by atoms with Gasteiger partial charge in [-0.3, -0.25) is 4.79 Å². The first-order valence-electron chi connectivity index (χ1n) is 10.9. The molecule has 6 nitrogen and oxygen atoms in total. The fraction of sp³-hybridized carbons (Fsp3) is 0.231. The lowest BCUT2D eigenvalue weighted by atomic mass is 9.95. The van der Waals surface area contributed by atoms with Gasteiger partial charge in [-0.2, -0.15) is 0 Å². The monoisotopic (exact) mass is 444 g/mol. The summed E-state index contributed by atoms with van der Waals surface area (Å²) in [5, 5.41) is 0. The van der Waals surface area contributed by atoms with Gasteiger partial charge in [-0.15, -0.1) is 0 Å². The highest BCUT2D eigenvalue weighted by Gasteiger charge is 2.34. The molecular formula is C26H25FN4O2. The van der Waals surface area contributed by atoms with Crippen LogP contribution in [0.5, 0.6) is 5.75 Å². The summed E-state index contributed by atoms with van der Waals surface area (Å²) in [7, 11) is 3.98. The average Bonchev–Trinajstić information content (AvgIpc) is 3.35. The summed E-state index contributed by atoms with van der Waals surface area (Å²) in [6, 6.07) is 16.6. The van der Waals surface area contributed by atoms with Gasteiger partial charge in [0.2, 0.25) is 5.91 Å². The van der Waals surface area contributed by atoms with E-state index in [1.165, 1.54) is 6.07 Å². The summed E-state index contributed by atoms with van der Waals surface area (Å²) in [4.78, 5) is 22.3. The zero-order valence-electron chi connectivity index (χ0n) is 18.6. The SMILES string of the molecule is CN(C)CCCOc1cc2nc(-c3cccc4c3-c3ccccc3[C@H]4C(N)=O)[nH]c2cc1F. The number of aromatic amines is 1. The van der Waals surface area contributed by atoms with Gasteiger partial charge in [-0.1, -0.05) is 42.5 Å². The Morgan fingerprint density at radius 3 is 2.67 bits per heavy atom. The average molecular weight is 445 g/mol. The van der Waals surface area contributed by atoms with Crippen LogP contribution in [0.4, 0.5) is 4.39 Å². The minimum absolute atomic E-state index is 0.191. The molecule has 168 valence electrons. The first kappa shape index (κ1) is 21.2. The zero-order chi connectivity index (χ0) is 23.1. The van der Waals surface area contributed by atoms with Crippen LogP contribution in [0.3, 0.4) is 0 Å². The molecule has 1 aliphatic carbocycles. The fourth-order valence-electron chi connectivity index (χ4n) is 4.57. The highest BCUT2D eigenvalue weighted by Crippen LogP contribution is 2.48. The maximum atomic E-state index is 14.6. The van der Waals surface area contributed by atoms with Crippen molar-refractivity contribution in [2.75, 3.05) is 27.2 Å². The molecule has 3 N–H and O–H groups in total. The van der Waals surface area contributed by atoms with Crippen molar-refractivity contribution < 1.29 is 13.9 Å². The van der Waals surface area contributed by atoms with E-state index in [4.69, 9.17) is 15.5 Å². The molecule has 0 fully saturated rings. The van der Waals surface area contributed by atoms with Crippen LogP contribution in [-0.2, 0) is 4.79 Å². The number of H-pyrrole nitrogens is 1. The molecule has 3 aromatic carbocycles. The Morgan fingerprint density at radius 2 is 1.88 bits per heavy atom. The summed E-state index contributed by atoms with van der Waals surface area (Å²) in [6.45, 7) is 1.29. The highest BCUT2D eigenvalue weighted by atomic mass is 19.1. The van der Waals surface area contributed by atoms with Crippen molar-refractivity contribution in [3.05, 3.63) is 71.5 Å². The van der Waals surface area contributed by atoms with E-state index in [9.17, 15) is 9.18 Å². The second-order valence-electron chi connectivity index (χ2n) is 8.58. The number of fused-ring (bicyclic) bond motifs is 4. The molecule has 1 heterocycles. The van der Waals surface area contributed by atoms with E-state index < -0.39 is 11.7 Å². The molecule has 0 radical (unpaired) electrons. The summed E-state index contributed by atoms with van der Waals surface area (Å²) in [5.41, 5.74) is 11.4. The Kier molecular flexibility index (Phi) is 5.34. The second kappa shape index (κ2) is 8.33. The Hall–Kier alpha value is -3.71. The van der Waals surface area contributed by atoms with Gasteiger partial charge in [0.1, 0.15) is 5.82 Å². The van der Waals surface area contributed by atoms with Gasteiger partial charge in [0.15, 0.2) is 11.6 Å². The smallest absolute Gasteiger partial charge is 0.229 e. The Labute approximate surface area is 191 Å². The molecule has 1 aliphatic rings. The topological polar surface area (TPSA) is 84.2 Å². The molecule has 0 bridgehead atoms. The number of hydrogen-bond donors (Lipinski definition) is 2. The lowest BCUT2D eigenvalue weighted by Gasteiger charge is -2.10. The molecule has 0 aliphatic heterocycles. The Bertz CT molecular complexity index is 1360. The first-order valence-corrected chi connectivity index (χ1v) is 10.9. The number of benzene rings is 3. The summed E-state index contributed by atoms with van der Waals surface area (Å²) in [5.74, 6) is -0.524. The number of hydrogen-bond acceptors (Lipinski definition) is 4. The normalized spacial score (nSPS) is 14.5. The van der Waals surface area contributed by atoms with E-state index in [0.717, 1.165) is 40.8 Å². The maximum Gasteiger partial charge on any atom is 0.229 e. The summed E-state index contributed by atoms with van der Waals surface area (Å²) >= 11 is 0. The number of nitrogens with zero attached hydrogens (tertiary/aromatic N) is 2. The number of halogens is 1. The molecular weight excluding hydrogens is 419 g/mol. The third-order valence-corrected chi connectivity index (χ3v) is 6.03. The second-order valence-corrected chi connectivity index (χ2v) is 8.58. The number of nitrogens with two attached hydrogens (primary N) is 1. The van der Waals surface area contributed by atoms with Crippen LogP contribution >= 0.6 is 0 Å². The van der Waals surface area contributed by atoms with Gasteiger partial charge < -0.3 is 20.4 Å². The number of imidazole rings is 1. The van der Waals surface area contributed by atoms with E-state index >= 15 is 0 Å². The third-order valence-electron chi connectivity index (χ3n) is 6.03. The standard InChI is InChI=1S/C26H25FN4O2/c1-31(2)11-6-12-33-22-14-21-20(13-19(22)27)29-26(30-21)18-10-5-9-17-23(18)15-7-3-4-8-16(15)24(17)25(28)32/h3-5,7-10,13-14,24H,6,11-12H2,1-2H3,(H2,28,32)(H,29,30)/t24-/m1/s1. The lowest BCUT2D eigenvalue weighted by molar-refractivity contribution is -0.118. The largest absolute Gasteiger partial charge is 0.490 e. The van der Waals surface area contributed by atoms with Crippen LogP contribution in [0.1, 0.15) is 23.5 Å². The van der Waals surface area contributed by atoms with Gasteiger partial charge in [-0.25, -0.2) is 9.37 Å². The molecule has 1 amide bonds. The van der Waals surface area contributed by atoms with Crippen LogP contribution < -0.4 is 10.5 Å². The molecule has 5 rings (SSSR count). The van der Waals surface area contributed by atoms with Crippen molar-refractivity contribution in [1.29, 1.82) is 0 Å². The number of ether oxygens (including phenoxy) is 1. The maximum absolute atomic E-state index is 14.6. The third kappa shape index (κ3) is 3.74. The lowest BCUT2D eigenvalue weighted by Crippen LogP contribution is -2.20. The van der Waals surface area contributed by atoms with Crippen LogP contribution in [0.25, 0.3) is 33.5 Å². The van der Waals surface area contributed by atoms with Crippen LogP contribution in [0.15, 0.2) is 54.6 Å². The number of amides is 1. The molecule has 1 atom stereocenters. The van der Waals surface area contributed by atoms with E-state index in [2.05, 4.69) is 9.88 Å². The summed E-state index contributed by atoms with van der Waals surface area (Å²) in [6.07, 6.45) is 0.798. The predicted molar refractivity (Wildman–Crippen MR) is 127 cm³/mol. The van der Waals surface area contributed by atoms with Crippen LogP contribution in [0, 0.1) is 5.82 Å². The van der Waals surface area contributed by atoms with Crippen molar-refractivity contribution in [1.82, 2.24) is 14.9 Å². The number of carbonyl (C=O) groups is 1. The zero-order valence-corrected chi connectivity index (χ0v) is 18.6. The number of nitrogens with one attached hydrogen (secondary N) is 1. The molecule has 0 spiro atoms. The van der Waals surface area contributed by atoms with Gasteiger partial charge in [-0.05, 0) is 42.8 Å². The van der Waals surface area contributed by atoms with E-state index in [0.29, 0.717) is 23.5 Å². The minimum Gasteiger partial charge on any atom is -0.490 e. The minimum atomic E-state index is -0.500. The predicted octanol–water partition coefficient (Wildman–Crippen LogP) is 4.30. The highest BCUT2D eigenvalue weighted by molar-refractivity contribution is 6.00. The molecule has 33 heavy (non-hydrogen) atoms. The van der Waals surface area contributed by atoms with Crippen molar-refractivity contribution >= 4 is 16.9 Å². The number of primary amides is 1. The van der Waals surface area contributed by atoms with Gasteiger partial charge in [0.25, 0.3) is 0 Å². The number of rotatable bonds is 7. The quantitative estimate of drug-likeness (QED) is 0.417. The van der Waals surface area contributed by atoms with Crippen molar-refractivity contribution in [3.8, 4) is 28.3 Å². The molecule has 1 aromatic heterocycles. The first-order chi connectivity index (χ1) is 15.9. The van der Waals surface area contributed by atoms with Crippen LogP contribution in [0.2, 0.25) is 0 Å². The van der Waals surface area contributed by atoms with E-state index in [-0.39, 0.29) is 11.7 Å². The van der Waals surface area contributed by atoms with E-state index in [1.807, 2.05) is 56.6 Å². The van der Waals surface area contributed by atoms with Crippen LogP contribution in [-0.4, -0.2) is 48.0 Å². The van der Waals surface area contributed by atoms with Crippen molar-refractivity contribution in [2.24, 2.45) is 5.73 Å². The molecule has 0 saturated heterocycles. The molecule has 7 heteroatoms. The molecule has 0 saturated carbocycles. The fourth-order valence-corrected chi connectivity index (χ4v) is 4.57. The van der Waals surface area contributed by atoms with E-state index in [1.54, 1.807) is 6.07 Å². The van der Waals surface area contributed by atoms with Crippen molar-refractivity contribution in [3.63, 3.8) is 0 Å². The Morgan fingerprint density at radius 1 is 1.12 bits per heavy atom. The van der Waals surface area contributed by atoms with Crippen molar-refractivity contribution in [2.45, 2.75) is 12.3 Å². The number of aromatic nitrogens is 2. The molecule has 0 unspecified atom stereocenters. The van der Waals surface area contributed by atoms with Gasteiger partial charge in [0.05, 0.1) is 23.6 Å².